The van der Waals surface area contributed by atoms with Gasteiger partial charge in [0.15, 0.2) is 0 Å². The number of piperazine rings is 1. The summed E-state index contributed by atoms with van der Waals surface area (Å²) < 4.78 is 0. The van der Waals surface area contributed by atoms with Gasteiger partial charge in [0.25, 0.3) is 0 Å². The van der Waals surface area contributed by atoms with Crippen molar-refractivity contribution in [1.29, 1.82) is 0 Å². The first-order valence-electron chi connectivity index (χ1n) is 6.79. The van der Waals surface area contributed by atoms with Gasteiger partial charge in [0, 0.05) is 13.1 Å². The largest absolute Gasteiger partial charge is 0.329 e. The lowest BCUT2D eigenvalue weighted by atomic mass is 10.1. The fourth-order valence-corrected chi connectivity index (χ4v) is 2.91. The normalized spacial score (nSPS) is 22.9. The number of aryl methyl sites for hydroxylation is 1. The van der Waals surface area contributed by atoms with E-state index in [2.05, 4.69) is 0 Å². The van der Waals surface area contributed by atoms with Crippen molar-refractivity contribution in [3.63, 3.8) is 0 Å². The zero-order valence-electron chi connectivity index (χ0n) is 11.1. The molecule has 1 aromatic rings. The molecule has 2 amide bonds. The van der Waals surface area contributed by atoms with Crippen LogP contribution in [0.5, 0.6) is 0 Å². The van der Waals surface area contributed by atoms with Crippen molar-refractivity contribution in [3.05, 3.63) is 35.4 Å². The van der Waals surface area contributed by atoms with Crippen LogP contribution in [0.1, 0.15) is 24.0 Å². The highest BCUT2D eigenvalue weighted by Crippen LogP contribution is 2.24. The van der Waals surface area contributed by atoms with Gasteiger partial charge in [-0.05, 0) is 25.3 Å². The van der Waals surface area contributed by atoms with Crippen LogP contribution in [0.25, 0.3) is 0 Å². The SMILES string of the molecule is Cc1ccc(CN2CC(=O)N3CCCC3C2=O)cc1. The number of carbonyl (C=O) groups excluding carboxylic acids is 2. The molecular weight excluding hydrogens is 240 g/mol. The minimum absolute atomic E-state index is 0.0919. The first kappa shape index (κ1) is 12.2. The molecule has 4 heteroatoms. The molecule has 0 aromatic heterocycles. The van der Waals surface area contributed by atoms with Crippen LogP contribution in [0.4, 0.5) is 0 Å². The Labute approximate surface area is 113 Å². The van der Waals surface area contributed by atoms with E-state index in [1.807, 2.05) is 31.2 Å². The average molecular weight is 258 g/mol. The lowest BCUT2D eigenvalue weighted by molar-refractivity contribution is -0.154. The Hall–Kier alpha value is -1.84. The summed E-state index contributed by atoms with van der Waals surface area (Å²) >= 11 is 0. The average Bonchev–Trinajstić information content (AvgIpc) is 2.88. The number of hydrogen-bond acceptors (Lipinski definition) is 2. The van der Waals surface area contributed by atoms with Crippen molar-refractivity contribution in [3.8, 4) is 0 Å². The molecule has 1 atom stereocenters. The molecule has 2 saturated heterocycles. The molecule has 2 aliphatic heterocycles. The van der Waals surface area contributed by atoms with Gasteiger partial charge in [-0.15, -0.1) is 0 Å². The van der Waals surface area contributed by atoms with Gasteiger partial charge in [0.1, 0.15) is 12.6 Å². The molecule has 19 heavy (non-hydrogen) atoms. The Morgan fingerprint density at radius 1 is 1.21 bits per heavy atom. The molecule has 0 radical (unpaired) electrons. The van der Waals surface area contributed by atoms with Gasteiger partial charge in [-0.1, -0.05) is 29.8 Å². The summed E-state index contributed by atoms with van der Waals surface area (Å²) in [7, 11) is 0. The van der Waals surface area contributed by atoms with Crippen molar-refractivity contribution in [2.45, 2.75) is 32.4 Å². The van der Waals surface area contributed by atoms with Crippen LogP contribution in [0, 0.1) is 6.92 Å². The van der Waals surface area contributed by atoms with Gasteiger partial charge in [0.05, 0.1) is 0 Å². The third kappa shape index (κ3) is 2.23. The maximum absolute atomic E-state index is 12.4. The number of hydrogen-bond donors (Lipinski definition) is 0. The van der Waals surface area contributed by atoms with E-state index < -0.39 is 0 Å². The Morgan fingerprint density at radius 3 is 2.68 bits per heavy atom. The molecular formula is C15H18N2O2. The second-order valence-corrected chi connectivity index (χ2v) is 5.43. The van der Waals surface area contributed by atoms with Crippen LogP contribution in [0.2, 0.25) is 0 Å². The summed E-state index contributed by atoms with van der Waals surface area (Å²) in [5.74, 6) is 0.201. The topological polar surface area (TPSA) is 40.6 Å². The van der Waals surface area contributed by atoms with Crippen molar-refractivity contribution in [1.82, 2.24) is 9.80 Å². The van der Waals surface area contributed by atoms with E-state index in [1.165, 1.54) is 5.56 Å². The summed E-state index contributed by atoms with van der Waals surface area (Å²) in [6.45, 7) is 3.54. The second-order valence-electron chi connectivity index (χ2n) is 5.43. The minimum atomic E-state index is -0.202. The number of rotatable bonds is 2. The first-order valence-corrected chi connectivity index (χ1v) is 6.79. The minimum Gasteiger partial charge on any atom is -0.329 e. The molecule has 2 fully saturated rings. The van der Waals surface area contributed by atoms with Crippen molar-refractivity contribution < 1.29 is 9.59 Å². The summed E-state index contributed by atoms with van der Waals surface area (Å²) in [6, 6.07) is 7.91. The summed E-state index contributed by atoms with van der Waals surface area (Å²) in [5.41, 5.74) is 2.28. The van der Waals surface area contributed by atoms with E-state index in [1.54, 1.807) is 9.80 Å². The molecule has 1 aromatic carbocycles. The summed E-state index contributed by atoms with van der Waals surface area (Å²) in [5, 5.41) is 0. The monoisotopic (exact) mass is 258 g/mol. The lowest BCUT2D eigenvalue weighted by Crippen LogP contribution is -2.56. The molecule has 0 saturated carbocycles. The molecule has 0 N–H and O–H groups in total. The molecule has 4 nitrogen and oxygen atoms in total. The van der Waals surface area contributed by atoms with Gasteiger partial charge in [-0.2, -0.15) is 0 Å². The summed E-state index contributed by atoms with van der Waals surface area (Å²) in [4.78, 5) is 27.8. The molecule has 100 valence electrons. The number of carbonyl (C=O) groups is 2. The number of fused-ring (bicyclic) bond motifs is 1. The molecule has 0 bridgehead atoms. The smallest absolute Gasteiger partial charge is 0.246 e. The predicted molar refractivity (Wildman–Crippen MR) is 71.3 cm³/mol. The predicted octanol–water partition coefficient (Wildman–Crippen LogP) is 1.33. The molecule has 2 heterocycles. The fraction of sp³-hybridized carbons (Fsp3) is 0.467. The Kier molecular flexibility index (Phi) is 3.01. The van der Waals surface area contributed by atoms with Crippen LogP contribution in [0.3, 0.4) is 0 Å². The van der Waals surface area contributed by atoms with Crippen LogP contribution < -0.4 is 0 Å². The molecule has 2 aliphatic rings. The van der Waals surface area contributed by atoms with E-state index in [0.717, 1.165) is 24.9 Å². The Bertz CT molecular complexity index is 509. The molecule has 3 rings (SSSR count). The number of amides is 2. The lowest BCUT2D eigenvalue weighted by Gasteiger charge is -2.36. The van der Waals surface area contributed by atoms with E-state index in [4.69, 9.17) is 0 Å². The van der Waals surface area contributed by atoms with Crippen molar-refractivity contribution in [2.24, 2.45) is 0 Å². The highest BCUT2D eigenvalue weighted by molar-refractivity contribution is 5.95. The zero-order valence-corrected chi connectivity index (χ0v) is 11.1. The molecule has 0 aliphatic carbocycles. The summed E-state index contributed by atoms with van der Waals surface area (Å²) in [6.07, 6.45) is 1.76. The fourth-order valence-electron chi connectivity index (χ4n) is 2.91. The van der Waals surface area contributed by atoms with Crippen LogP contribution in [-0.2, 0) is 16.1 Å². The van der Waals surface area contributed by atoms with Gasteiger partial charge in [-0.25, -0.2) is 0 Å². The highest BCUT2D eigenvalue weighted by atomic mass is 16.2. The van der Waals surface area contributed by atoms with Crippen molar-refractivity contribution >= 4 is 11.8 Å². The Morgan fingerprint density at radius 2 is 1.95 bits per heavy atom. The van der Waals surface area contributed by atoms with Gasteiger partial charge in [0.2, 0.25) is 11.8 Å². The standard InChI is InChI=1S/C15H18N2O2/c1-11-4-6-12(7-5-11)9-16-10-14(18)17-8-2-3-13(17)15(16)19/h4-7,13H,2-3,8-10H2,1H3. The van der Waals surface area contributed by atoms with E-state index >= 15 is 0 Å². The van der Waals surface area contributed by atoms with Crippen LogP contribution >= 0.6 is 0 Å². The highest BCUT2D eigenvalue weighted by Gasteiger charge is 2.41. The maximum atomic E-state index is 12.4. The molecule has 1 unspecified atom stereocenters. The first-order chi connectivity index (χ1) is 9.15. The van der Waals surface area contributed by atoms with Crippen LogP contribution in [0.15, 0.2) is 24.3 Å². The Balaban J connectivity index is 1.76. The van der Waals surface area contributed by atoms with Gasteiger partial charge < -0.3 is 9.80 Å². The van der Waals surface area contributed by atoms with E-state index in [0.29, 0.717) is 6.54 Å². The van der Waals surface area contributed by atoms with E-state index in [-0.39, 0.29) is 24.4 Å². The number of benzene rings is 1. The quantitative estimate of drug-likeness (QED) is 0.803. The number of nitrogens with zero attached hydrogens (tertiary/aromatic N) is 2. The van der Waals surface area contributed by atoms with Crippen LogP contribution in [-0.4, -0.2) is 40.7 Å². The molecule has 0 spiro atoms. The van der Waals surface area contributed by atoms with E-state index in [9.17, 15) is 9.59 Å². The zero-order chi connectivity index (χ0) is 13.4. The van der Waals surface area contributed by atoms with Gasteiger partial charge >= 0.3 is 0 Å². The third-order valence-electron chi connectivity index (χ3n) is 3.99. The maximum Gasteiger partial charge on any atom is 0.246 e. The van der Waals surface area contributed by atoms with Gasteiger partial charge in [-0.3, -0.25) is 9.59 Å². The third-order valence-corrected chi connectivity index (χ3v) is 3.99. The van der Waals surface area contributed by atoms with Crippen molar-refractivity contribution in [2.75, 3.05) is 13.1 Å². The second kappa shape index (κ2) is 4.68.